The fourth-order valence-corrected chi connectivity index (χ4v) is 2.90. The van der Waals surface area contributed by atoms with Gasteiger partial charge in [0.2, 0.25) is 0 Å². The van der Waals surface area contributed by atoms with E-state index < -0.39 is 0 Å². The van der Waals surface area contributed by atoms with Crippen molar-refractivity contribution in [1.29, 1.82) is 0 Å². The number of hydrogen-bond acceptors (Lipinski definition) is 4. The molecule has 0 aliphatic heterocycles. The summed E-state index contributed by atoms with van der Waals surface area (Å²) in [6.45, 7) is 4.49. The van der Waals surface area contributed by atoms with Gasteiger partial charge in [0.1, 0.15) is 5.75 Å². The number of amides is 2. The lowest BCUT2D eigenvalue weighted by molar-refractivity contribution is 0.251. The molecule has 2 amide bonds. The van der Waals surface area contributed by atoms with Crippen molar-refractivity contribution in [2.24, 2.45) is 0 Å². The lowest BCUT2D eigenvalue weighted by Gasteiger charge is -2.12. The van der Waals surface area contributed by atoms with Crippen LogP contribution in [0.3, 0.4) is 0 Å². The van der Waals surface area contributed by atoms with Crippen LogP contribution in [-0.4, -0.2) is 24.7 Å². The average molecular weight is 340 g/mol. The van der Waals surface area contributed by atoms with Gasteiger partial charge in [0, 0.05) is 29.6 Å². The summed E-state index contributed by atoms with van der Waals surface area (Å²) < 4.78 is 5.07. The molecule has 0 saturated heterocycles. The fourth-order valence-electron chi connectivity index (χ4n) is 1.82. The summed E-state index contributed by atoms with van der Waals surface area (Å²) in [6, 6.07) is 4.79. The van der Waals surface area contributed by atoms with Gasteiger partial charge >= 0.3 is 6.03 Å². The first kappa shape index (κ1) is 16.6. The molecule has 1 heterocycles. The Labute approximate surface area is 138 Å². The Balaban J connectivity index is 1.88. The number of anilines is 1. The van der Waals surface area contributed by atoms with Crippen molar-refractivity contribution < 1.29 is 9.53 Å². The predicted octanol–water partition coefficient (Wildman–Crippen LogP) is 4.04. The number of halogens is 1. The number of thiazole rings is 1. The van der Waals surface area contributed by atoms with Crippen molar-refractivity contribution in [1.82, 2.24) is 10.3 Å². The first-order chi connectivity index (χ1) is 10.5. The van der Waals surface area contributed by atoms with E-state index in [2.05, 4.69) is 15.6 Å². The molecule has 0 aliphatic rings. The molecule has 5 nitrogen and oxygen atoms in total. The Kier molecular flexibility index (Phi) is 5.63. The van der Waals surface area contributed by atoms with Crippen LogP contribution >= 0.6 is 22.9 Å². The second-order valence-electron chi connectivity index (χ2n) is 4.91. The van der Waals surface area contributed by atoms with Crippen molar-refractivity contribution in [3.05, 3.63) is 39.3 Å². The smallest absolute Gasteiger partial charge is 0.319 e. The van der Waals surface area contributed by atoms with Crippen LogP contribution in [-0.2, 0) is 0 Å². The molecule has 0 saturated carbocycles. The Hall–Kier alpha value is -1.79. The highest BCUT2D eigenvalue weighted by atomic mass is 35.5. The molecule has 1 aromatic carbocycles. The number of rotatable bonds is 5. The van der Waals surface area contributed by atoms with Gasteiger partial charge in [-0.2, -0.15) is 0 Å². The van der Waals surface area contributed by atoms with Gasteiger partial charge in [0.15, 0.2) is 0 Å². The number of hydrogen-bond donors (Lipinski definition) is 2. The van der Waals surface area contributed by atoms with Crippen molar-refractivity contribution in [2.45, 2.75) is 19.8 Å². The highest BCUT2D eigenvalue weighted by Gasteiger charge is 2.12. The number of carbonyl (C=O) groups excluding carboxylic acids is 1. The molecule has 0 bridgehead atoms. The van der Waals surface area contributed by atoms with Crippen LogP contribution in [0.15, 0.2) is 23.6 Å². The lowest BCUT2D eigenvalue weighted by atomic mass is 10.2. The standard InChI is InChI=1S/C15H18ClN3O2S/c1-9(14-18-10(2)8-22-14)7-17-15(20)19-13-5-4-11(21-3)6-12(13)16/h4-6,8-9H,7H2,1-3H3,(H2,17,19,20). The van der Waals surface area contributed by atoms with Gasteiger partial charge in [-0.1, -0.05) is 18.5 Å². The number of methoxy groups -OCH3 is 1. The summed E-state index contributed by atoms with van der Waals surface area (Å²) >= 11 is 7.68. The lowest BCUT2D eigenvalue weighted by Crippen LogP contribution is -2.31. The van der Waals surface area contributed by atoms with Crippen LogP contribution in [0, 0.1) is 6.92 Å². The maximum atomic E-state index is 11.9. The Morgan fingerprint density at radius 1 is 1.50 bits per heavy atom. The zero-order chi connectivity index (χ0) is 16.1. The van der Waals surface area contributed by atoms with Gasteiger partial charge in [-0.15, -0.1) is 11.3 Å². The first-order valence-corrected chi connectivity index (χ1v) is 8.05. The van der Waals surface area contributed by atoms with Crippen molar-refractivity contribution in [3.63, 3.8) is 0 Å². The van der Waals surface area contributed by atoms with E-state index >= 15 is 0 Å². The number of aromatic nitrogens is 1. The molecule has 0 fully saturated rings. The van der Waals surface area contributed by atoms with E-state index in [9.17, 15) is 4.79 Å². The van der Waals surface area contributed by atoms with Crippen molar-refractivity contribution in [3.8, 4) is 5.75 Å². The van der Waals surface area contributed by atoms with Gasteiger partial charge in [0.25, 0.3) is 0 Å². The van der Waals surface area contributed by atoms with Gasteiger partial charge < -0.3 is 15.4 Å². The normalized spacial score (nSPS) is 11.8. The van der Waals surface area contributed by atoms with E-state index in [1.807, 2.05) is 19.2 Å². The molecule has 1 atom stereocenters. The second-order valence-corrected chi connectivity index (χ2v) is 6.21. The number of nitrogens with one attached hydrogen (secondary N) is 2. The molecule has 0 spiro atoms. The molecule has 0 aliphatic carbocycles. The molecule has 0 radical (unpaired) electrons. The fraction of sp³-hybridized carbons (Fsp3) is 0.333. The van der Waals surface area contributed by atoms with Crippen molar-refractivity contribution >= 4 is 34.7 Å². The Morgan fingerprint density at radius 3 is 2.86 bits per heavy atom. The quantitative estimate of drug-likeness (QED) is 0.864. The Morgan fingerprint density at radius 2 is 2.27 bits per heavy atom. The van der Waals surface area contributed by atoms with Gasteiger partial charge in [0.05, 0.1) is 22.8 Å². The largest absolute Gasteiger partial charge is 0.497 e. The van der Waals surface area contributed by atoms with Gasteiger partial charge in [-0.05, 0) is 19.1 Å². The van der Waals surface area contributed by atoms with Crippen LogP contribution in [0.1, 0.15) is 23.5 Å². The van der Waals surface area contributed by atoms with E-state index in [0.29, 0.717) is 23.0 Å². The van der Waals surface area contributed by atoms with Crippen LogP contribution in [0.4, 0.5) is 10.5 Å². The first-order valence-electron chi connectivity index (χ1n) is 6.80. The maximum absolute atomic E-state index is 11.9. The monoisotopic (exact) mass is 339 g/mol. The third kappa shape index (κ3) is 4.35. The average Bonchev–Trinajstić information content (AvgIpc) is 2.93. The number of carbonyl (C=O) groups is 1. The summed E-state index contributed by atoms with van der Waals surface area (Å²) in [5, 5.41) is 8.99. The number of urea groups is 1. The van der Waals surface area contributed by atoms with Crippen LogP contribution in [0.25, 0.3) is 0 Å². The number of nitrogens with zero attached hydrogens (tertiary/aromatic N) is 1. The van der Waals surface area contributed by atoms with Crippen LogP contribution < -0.4 is 15.4 Å². The number of benzene rings is 1. The van der Waals surface area contributed by atoms with Gasteiger partial charge in [-0.3, -0.25) is 0 Å². The predicted molar refractivity (Wildman–Crippen MR) is 90.3 cm³/mol. The molecular weight excluding hydrogens is 322 g/mol. The van der Waals surface area contributed by atoms with E-state index in [-0.39, 0.29) is 11.9 Å². The van der Waals surface area contributed by atoms with Crippen LogP contribution in [0.2, 0.25) is 5.02 Å². The topological polar surface area (TPSA) is 63.2 Å². The Bertz CT molecular complexity index is 660. The molecule has 2 N–H and O–H groups in total. The SMILES string of the molecule is COc1ccc(NC(=O)NCC(C)c2nc(C)cs2)c(Cl)c1. The zero-order valence-electron chi connectivity index (χ0n) is 12.6. The van der Waals surface area contributed by atoms with Crippen LogP contribution in [0.5, 0.6) is 5.75 Å². The summed E-state index contributed by atoms with van der Waals surface area (Å²) in [7, 11) is 1.56. The second kappa shape index (κ2) is 7.47. The third-order valence-corrected chi connectivity index (χ3v) is 4.56. The number of aryl methyl sites for hydroxylation is 1. The van der Waals surface area contributed by atoms with E-state index in [0.717, 1.165) is 10.7 Å². The third-order valence-electron chi connectivity index (χ3n) is 3.05. The number of ether oxygens (including phenoxy) is 1. The summed E-state index contributed by atoms with van der Waals surface area (Å²) in [4.78, 5) is 16.3. The van der Waals surface area contributed by atoms with E-state index in [1.165, 1.54) is 0 Å². The summed E-state index contributed by atoms with van der Waals surface area (Å²) in [5.41, 5.74) is 1.54. The van der Waals surface area contributed by atoms with Crippen molar-refractivity contribution in [2.75, 3.05) is 19.0 Å². The minimum absolute atomic E-state index is 0.163. The summed E-state index contributed by atoms with van der Waals surface area (Å²) in [5.74, 6) is 0.805. The van der Waals surface area contributed by atoms with E-state index in [1.54, 1.807) is 36.6 Å². The van der Waals surface area contributed by atoms with Gasteiger partial charge in [-0.25, -0.2) is 9.78 Å². The molecule has 22 heavy (non-hydrogen) atoms. The molecule has 7 heteroatoms. The minimum Gasteiger partial charge on any atom is -0.497 e. The molecule has 1 unspecified atom stereocenters. The highest BCUT2D eigenvalue weighted by molar-refractivity contribution is 7.09. The maximum Gasteiger partial charge on any atom is 0.319 e. The zero-order valence-corrected chi connectivity index (χ0v) is 14.2. The highest BCUT2D eigenvalue weighted by Crippen LogP contribution is 2.26. The summed E-state index contributed by atoms with van der Waals surface area (Å²) in [6.07, 6.45) is 0. The molecular formula is C15H18ClN3O2S. The molecule has 2 rings (SSSR count). The molecule has 118 valence electrons. The van der Waals surface area contributed by atoms with E-state index in [4.69, 9.17) is 16.3 Å². The molecule has 1 aromatic heterocycles. The minimum atomic E-state index is -0.299. The molecule has 2 aromatic rings.